The molecule has 0 saturated carbocycles. The van der Waals surface area contributed by atoms with E-state index in [0.29, 0.717) is 5.56 Å². The normalized spacial score (nSPS) is 9.80. The lowest BCUT2D eigenvalue weighted by atomic mass is 10.1. The summed E-state index contributed by atoms with van der Waals surface area (Å²) < 4.78 is 5.09. The van der Waals surface area contributed by atoms with Gasteiger partial charge in [-0.15, -0.1) is 0 Å². The fraction of sp³-hybridized carbons (Fsp3) is 0.308. The zero-order valence-corrected chi connectivity index (χ0v) is 9.46. The molecule has 0 aliphatic carbocycles. The van der Waals surface area contributed by atoms with Crippen molar-refractivity contribution in [1.82, 2.24) is 0 Å². The van der Waals surface area contributed by atoms with Gasteiger partial charge in [0.2, 0.25) is 0 Å². The number of carbonyl (C=O) groups excluding carboxylic acids is 1. The van der Waals surface area contributed by atoms with E-state index in [1.165, 1.54) is 0 Å². The number of ether oxygens (including phenoxy) is 1. The van der Waals surface area contributed by atoms with E-state index >= 15 is 0 Å². The van der Waals surface area contributed by atoms with Gasteiger partial charge >= 0.3 is 5.97 Å². The molecule has 0 atom stereocenters. The van der Waals surface area contributed by atoms with E-state index in [-0.39, 0.29) is 12.6 Å². The average Bonchev–Trinajstić information content (AvgIpc) is 2.18. The van der Waals surface area contributed by atoms with E-state index in [1.807, 2.05) is 39.0 Å². The molecule has 0 aliphatic heterocycles. The van der Waals surface area contributed by atoms with Crippen LogP contribution in [0.1, 0.15) is 28.4 Å². The van der Waals surface area contributed by atoms with E-state index in [1.54, 1.807) is 0 Å². The largest absolute Gasteiger partial charge is 0.458 e. The topological polar surface area (TPSA) is 26.3 Å². The average molecular weight is 204 g/mol. The van der Waals surface area contributed by atoms with Gasteiger partial charge in [-0.1, -0.05) is 24.3 Å². The summed E-state index contributed by atoms with van der Waals surface area (Å²) in [4.78, 5) is 11.7. The molecule has 0 saturated heterocycles. The lowest BCUT2D eigenvalue weighted by molar-refractivity contribution is 0.0539. The van der Waals surface area contributed by atoms with Crippen molar-refractivity contribution in [2.45, 2.75) is 20.8 Å². The Balaban J connectivity index is 2.81. The molecule has 1 aromatic rings. The smallest absolute Gasteiger partial charge is 0.338 e. The first-order chi connectivity index (χ1) is 7.00. The minimum atomic E-state index is -0.279. The van der Waals surface area contributed by atoms with Crippen molar-refractivity contribution in [3.8, 4) is 0 Å². The SMILES string of the molecule is C=C(C)COC(=O)c1cc(C)ccc1C. The van der Waals surface area contributed by atoms with Crippen LogP contribution in [0.2, 0.25) is 0 Å². The Kier molecular flexibility index (Phi) is 3.67. The quantitative estimate of drug-likeness (QED) is 0.558. The number of hydrogen-bond acceptors (Lipinski definition) is 2. The van der Waals surface area contributed by atoms with Crippen LogP contribution in [-0.2, 0) is 4.74 Å². The van der Waals surface area contributed by atoms with Gasteiger partial charge in [0.15, 0.2) is 0 Å². The van der Waals surface area contributed by atoms with E-state index in [0.717, 1.165) is 16.7 Å². The Morgan fingerprint density at radius 3 is 2.67 bits per heavy atom. The van der Waals surface area contributed by atoms with Crippen LogP contribution in [0, 0.1) is 13.8 Å². The highest BCUT2D eigenvalue weighted by Gasteiger charge is 2.10. The number of benzene rings is 1. The van der Waals surface area contributed by atoms with E-state index in [9.17, 15) is 4.79 Å². The highest BCUT2D eigenvalue weighted by Crippen LogP contribution is 2.12. The second-order valence-electron chi connectivity index (χ2n) is 3.85. The Bertz CT molecular complexity index is 392. The van der Waals surface area contributed by atoms with Crippen LogP contribution in [0.15, 0.2) is 30.4 Å². The minimum absolute atomic E-state index is 0.279. The molecule has 2 heteroatoms. The van der Waals surface area contributed by atoms with Gasteiger partial charge in [-0.05, 0) is 38.0 Å². The molecule has 1 aromatic carbocycles. The van der Waals surface area contributed by atoms with E-state index in [2.05, 4.69) is 6.58 Å². The monoisotopic (exact) mass is 204 g/mol. The zero-order chi connectivity index (χ0) is 11.4. The summed E-state index contributed by atoms with van der Waals surface area (Å²) in [6.45, 7) is 9.65. The molecule has 0 N–H and O–H groups in total. The lowest BCUT2D eigenvalue weighted by Crippen LogP contribution is -2.08. The van der Waals surface area contributed by atoms with Crippen molar-refractivity contribution < 1.29 is 9.53 Å². The number of esters is 1. The van der Waals surface area contributed by atoms with Crippen LogP contribution in [0.4, 0.5) is 0 Å². The Labute approximate surface area is 90.6 Å². The van der Waals surface area contributed by atoms with Gasteiger partial charge in [0.05, 0.1) is 5.56 Å². The fourth-order valence-electron chi connectivity index (χ4n) is 1.22. The molecule has 80 valence electrons. The fourth-order valence-corrected chi connectivity index (χ4v) is 1.22. The molecule has 0 radical (unpaired) electrons. The molecule has 0 bridgehead atoms. The van der Waals surface area contributed by atoms with Crippen molar-refractivity contribution in [3.63, 3.8) is 0 Å². The van der Waals surface area contributed by atoms with Crippen LogP contribution in [0.3, 0.4) is 0 Å². The highest BCUT2D eigenvalue weighted by molar-refractivity contribution is 5.91. The predicted octanol–water partition coefficient (Wildman–Crippen LogP) is 3.04. The predicted molar refractivity (Wildman–Crippen MR) is 61.0 cm³/mol. The van der Waals surface area contributed by atoms with Crippen molar-refractivity contribution >= 4 is 5.97 Å². The molecule has 0 aromatic heterocycles. The first-order valence-corrected chi connectivity index (χ1v) is 4.89. The first-order valence-electron chi connectivity index (χ1n) is 4.89. The summed E-state index contributed by atoms with van der Waals surface area (Å²) in [7, 11) is 0. The van der Waals surface area contributed by atoms with Gasteiger partial charge in [0.1, 0.15) is 6.61 Å². The van der Waals surface area contributed by atoms with Gasteiger partial charge in [0.25, 0.3) is 0 Å². The van der Waals surface area contributed by atoms with Gasteiger partial charge in [-0.2, -0.15) is 0 Å². The molecule has 1 rings (SSSR count). The second kappa shape index (κ2) is 4.78. The molecule has 0 amide bonds. The number of aryl methyl sites for hydroxylation is 2. The van der Waals surface area contributed by atoms with E-state index < -0.39 is 0 Å². The molecule has 0 fully saturated rings. The van der Waals surface area contributed by atoms with Crippen LogP contribution >= 0.6 is 0 Å². The number of carbonyl (C=O) groups is 1. The molecular weight excluding hydrogens is 188 g/mol. The standard InChI is InChI=1S/C13H16O2/c1-9(2)8-15-13(14)12-7-10(3)5-6-11(12)4/h5-7H,1,8H2,2-4H3. The molecule has 0 spiro atoms. The van der Waals surface area contributed by atoms with Gasteiger partial charge in [-0.3, -0.25) is 0 Å². The maximum absolute atomic E-state index is 11.7. The molecule has 2 nitrogen and oxygen atoms in total. The summed E-state index contributed by atoms with van der Waals surface area (Å²) >= 11 is 0. The summed E-state index contributed by atoms with van der Waals surface area (Å²) in [5, 5.41) is 0. The van der Waals surface area contributed by atoms with Crippen molar-refractivity contribution in [3.05, 3.63) is 47.0 Å². The van der Waals surface area contributed by atoms with E-state index in [4.69, 9.17) is 4.74 Å². The van der Waals surface area contributed by atoms with Gasteiger partial charge in [0, 0.05) is 0 Å². The Hall–Kier alpha value is -1.57. The molecule has 0 aliphatic rings. The first kappa shape index (κ1) is 11.5. The van der Waals surface area contributed by atoms with Crippen LogP contribution in [0.25, 0.3) is 0 Å². The zero-order valence-electron chi connectivity index (χ0n) is 9.46. The third kappa shape index (κ3) is 3.24. The van der Waals surface area contributed by atoms with Gasteiger partial charge < -0.3 is 4.74 Å². The minimum Gasteiger partial charge on any atom is -0.458 e. The maximum Gasteiger partial charge on any atom is 0.338 e. The third-order valence-corrected chi connectivity index (χ3v) is 2.06. The highest BCUT2D eigenvalue weighted by atomic mass is 16.5. The van der Waals surface area contributed by atoms with Crippen molar-refractivity contribution in [1.29, 1.82) is 0 Å². The number of hydrogen-bond donors (Lipinski definition) is 0. The summed E-state index contributed by atoms with van der Waals surface area (Å²) in [6.07, 6.45) is 0. The summed E-state index contributed by atoms with van der Waals surface area (Å²) in [5.74, 6) is -0.279. The second-order valence-corrected chi connectivity index (χ2v) is 3.85. The third-order valence-electron chi connectivity index (χ3n) is 2.06. The van der Waals surface area contributed by atoms with Gasteiger partial charge in [-0.25, -0.2) is 4.79 Å². The summed E-state index contributed by atoms with van der Waals surface area (Å²) in [6, 6.07) is 5.74. The Morgan fingerprint density at radius 1 is 1.40 bits per heavy atom. The number of rotatable bonds is 3. The van der Waals surface area contributed by atoms with Crippen molar-refractivity contribution in [2.24, 2.45) is 0 Å². The van der Waals surface area contributed by atoms with Crippen LogP contribution in [0.5, 0.6) is 0 Å². The molecule has 15 heavy (non-hydrogen) atoms. The summed E-state index contributed by atoms with van der Waals surface area (Å²) in [5.41, 5.74) is 3.47. The van der Waals surface area contributed by atoms with Crippen LogP contribution < -0.4 is 0 Å². The molecular formula is C13H16O2. The molecule has 0 unspecified atom stereocenters. The van der Waals surface area contributed by atoms with Crippen LogP contribution in [-0.4, -0.2) is 12.6 Å². The lowest BCUT2D eigenvalue weighted by Gasteiger charge is -2.07. The maximum atomic E-state index is 11.7. The molecule has 0 heterocycles. The van der Waals surface area contributed by atoms with Crippen molar-refractivity contribution in [2.75, 3.05) is 6.61 Å². The Morgan fingerprint density at radius 2 is 2.07 bits per heavy atom.